The average molecular weight is 282 g/mol. The van der Waals surface area contributed by atoms with Crippen LogP contribution >= 0.6 is 12.4 Å². The SMILES string of the molecule is Cl.NCCC(=O)N/N=C/C1=Cc2ccccc2OC1. The van der Waals surface area contributed by atoms with Crippen molar-refractivity contribution in [3.8, 4) is 5.75 Å². The van der Waals surface area contributed by atoms with Crippen LogP contribution in [0, 0.1) is 0 Å². The van der Waals surface area contributed by atoms with Crippen LogP contribution in [0.25, 0.3) is 6.08 Å². The van der Waals surface area contributed by atoms with Crippen LogP contribution in [0.4, 0.5) is 0 Å². The highest BCUT2D eigenvalue weighted by atomic mass is 35.5. The van der Waals surface area contributed by atoms with Crippen LogP contribution in [0.15, 0.2) is 34.9 Å². The number of hydrogen-bond donors (Lipinski definition) is 2. The molecule has 5 nitrogen and oxygen atoms in total. The molecule has 3 N–H and O–H groups in total. The molecular weight excluding hydrogens is 266 g/mol. The van der Waals surface area contributed by atoms with Crippen LogP contribution in [0.5, 0.6) is 5.75 Å². The molecule has 0 aliphatic carbocycles. The van der Waals surface area contributed by atoms with Crippen molar-refractivity contribution in [2.45, 2.75) is 6.42 Å². The first kappa shape index (κ1) is 15.2. The van der Waals surface area contributed by atoms with Gasteiger partial charge in [0.25, 0.3) is 0 Å². The smallest absolute Gasteiger partial charge is 0.241 e. The summed E-state index contributed by atoms with van der Waals surface area (Å²) in [4.78, 5) is 11.1. The summed E-state index contributed by atoms with van der Waals surface area (Å²) in [5.74, 6) is 0.674. The zero-order valence-corrected chi connectivity index (χ0v) is 11.2. The highest BCUT2D eigenvalue weighted by Crippen LogP contribution is 2.24. The Kier molecular flexibility index (Phi) is 6.05. The van der Waals surface area contributed by atoms with Crippen LogP contribution in [-0.2, 0) is 4.79 Å². The molecule has 19 heavy (non-hydrogen) atoms. The zero-order valence-electron chi connectivity index (χ0n) is 10.3. The highest BCUT2D eigenvalue weighted by Gasteiger charge is 2.08. The van der Waals surface area contributed by atoms with E-state index in [-0.39, 0.29) is 24.7 Å². The molecule has 1 heterocycles. The Morgan fingerprint density at radius 3 is 3.05 bits per heavy atom. The van der Waals surface area contributed by atoms with Gasteiger partial charge in [-0.1, -0.05) is 18.2 Å². The minimum atomic E-state index is -0.188. The summed E-state index contributed by atoms with van der Waals surface area (Å²) in [6.07, 6.45) is 3.84. The van der Waals surface area contributed by atoms with E-state index in [0.29, 0.717) is 13.2 Å². The van der Waals surface area contributed by atoms with E-state index in [1.807, 2.05) is 30.3 Å². The van der Waals surface area contributed by atoms with Gasteiger partial charge in [0.15, 0.2) is 0 Å². The fourth-order valence-electron chi connectivity index (χ4n) is 1.58. The predicted molar refractivity (Wildman–Crippen MR) is 77.5 cm³/mol. The van der Waals surface area contributed by atoms with Crippen molar-refractivity contribution in [1.82, 2.24) is 5.43 Å². The second-order valence-electron chi connectivity index (χ2n) is 3.88. The number of benzene rings is 1. The Labute approximate surface area is 117 Å². The van der Waals surface area contributed by atoms with Gasteiger partial charge in [-0.3, -0.25) is 4.79 Å². The van der Waals surface area contributed by atoms with E-state index in [1.165, 1.54) is 0 Å². The molecule has 0 saturated heterocycles. The lowest BCUT2D eigenvalue weighted by atomic mass is 10.1. The molecule has 0 atom stereocenters. The molecule has 2 rings (SSSR count). The maximum Gasteiger partial charge on any atom is 0.241 e. The van der Waals surface area contributed by atoms with Crippen molar-refractivity contribution < 1.29 is 9.53 Å². The number of halogens is 1. The molecule has 1 aromatic rings. The third-order valence-corrected chi connectivity index (χ3v) is 2.45. The van der Waals surface area contributed by atoms with Crippen LogP contribution in [0.1, 0.15) is 12.0 Å². The summed E-state index contributed by atoms with van der Waals surface area (Å²) in [6, 6.07) is 7.76. The normalized spacial score (nSPS) is 13.0. The number of nitrogens with two attached hydrogens (primary N) is 1. The van der Waals surface area contributed by atoms with Crippen molar-refractivity contribution in [2.75, 3.05) is 13.2 Å². The van der Waals surface area contributed by atoms with Crippen molar-refractivity contribution in [1.29, 1.82) is 0 Å². The van der Waals surface area contributed by atoms with Crippen LogP contribution in [-0.4, -0.2) is 25.3 Å². The van der Waals surface area contributed by atoms with Crippen LogP contribution in [0.3, 0.4) is 0 Å². The van der Waals surface area contributed by atoms with Crippen molar-refractivity contribution >= 4 is 30.6 Å². The lowest BCUT2D eigenvalue weighted by molar-refractivity contribution is -0.120. The summed E-state index contributed by atoms with van der Waals surface area (Å²) >= 11 is 0. The summed E-state index contributed by atoms with van der Waals surface area (Å²) in [7, 11) is 0. The molecule has 0 spiro atoms. The number of carbonyl (C=O) groups is 1. The number of nitrogens with zero attached hydrogens (tertiary/aromatic N) is 1. The van der Waals surface area contributed by atoms with Crippen molar-refractivity contribution in [2.24, 2.45) is 10.8 Å². The number of carbonyl (C=O) groups excluding carboxylic acids is 1. The summed E-state index contributed by atoms with van der Waals surface area (Å²) in [5.41, 5.74) is 9.58. The largest absolute Gasteiger partial charge is 0.488 e. The molecule has 0 radical (unpaired) electrons. The fourth-order valence-corrected chi connectivity index (χ4v) is 1.58. The van der Waals surface area contributed by atoms with Crippen molar-refractivity contribution in [3.05, 3.63) is 35.4 Å². The van der Waals surface area contributed by atoms with Crippen LogP contribution < -0.4 is 15.9 Å². The van der Waals surface area contributed by atoms with Gasteiger partial charge in [0, 0.05) is 24.1 Å². The zero-order chi connectivity index (χ0) is 12.8. The molecule has 1 aliphatic rings. The second kappa shape index (κ2) is 7.56. The van der Waals surface area contributed by atoms with E-state index in [0.717, 1.165) is 16.9 Å². The molecule has 1 amide bonds. The van der Waals surface area contributed by atoms with E-state index in [9.17, 15) is 4.79 Å². The number of fused-ring (bicyclic) bond motifs is 1. The number of rotatable bonds is 4. The summed E-state index contributed by atoms with van der Waals surface area (Å²) < 4.78 is 5.55. The lowest BCUT2D eigenvalue weighted by Crippen LogP contribution is -2.21. The molecule has 102 valence electrons. The first-order valence-corrected chi connectivity index (χ1v) is 5.74. The van der Waals surface area contributed by atoms with Crippen LogP contribution in [0.2, 0.25) is 0 Å². The summed E-state index contributed by atoms with van der Waals surface area (Å²) in [6.45, 7) is 0.772. The Morgan fingerprint density at radius 1 is 1.47 bits per heavy atom. The Hall–Kier alpha value is -1.85. The standard InChI is InChI=1S/C13H15N3O2.ClH/c14-6-5-13(17)16-15-8-10-7-11-3-1-2-4-12(11)18-9-10;/h1-4,7-8H,5-6,9,14H2,(H,16,17);1H/b15-8+;. The van der Waals surface area contributed by atoms with Crippen molar-refractivity contribution in [3.63, 3.8) is 0 Å². The number of para-hydroxylation sites is 1. The third kappa shape index (κ3) is 4.39. The molecule has 1 aliphatic heterocycles. The second-order valence-corrected chi connectivity index (χ2v) is 3.88. The van der Waals surface area contributed by atoms with Gasteiger partial charge in [-0.15, -0.1) is 12.4 Å². The van der Waals surface area contributed by atoms with Gasteiger partial charge in [-0.05, 0) is 12.1 Å². The molecule has 1 aromatic carbocycles. The highest BCUT2D eigenvalue weighted by molar-refractivity contribution is 5.88. The van der Waals surface area contributed by atoms with Gasteiger partial charge >= 0.3 is 0 Å². The molecule has 0 unspecified atom stereocenters. The quantitative estimate of drug-likeness (QED) is 0.646. The number of nitrogens with one attached hydrogen (secondary N) is 1. The monoisotopic (exact) mass is 281 g/mol. The number of hydrogen-bond acceptors (Lipinski definition) is 4. The van der Waals surface area contributed by atoms with Gasteiger partial charge in [0.1, 0.15) is 12.4 Å². The fraction of sp³-hybridized carbons (Fsp3) is 0.231. The average Bonchev–Trinajstić information content (AvgIpc) is 2.39. The van der Waals surface area contributed by atoms with E-state index in [2.05, 4.69) is 10.5 Å². The Morgan fingerprint density at radius 2 is 2.26 bits per heavy atom. The van der Waals surface area contributed by atoms with E-state index < -0.39 is 0 Å². The van der Waals surface area contributed by atoms with Gasteiger partial charge < -0.3 is 10.5 Å². The maximum atomic E-state index is 11.1. The molecule has 0 fully saturated rings. The van der Waals surface area contributed by atoms with E-state index in [4.69, 9.17) is 10.5 Å². The molecule has 0 aromatic heterocycles. The van der Waals surface area contributed by atoms with Gasteiger partial charge in [-0.25, -0.2) is 5.43 Å². The molecule has 6 heteroatoms. The van der Waals surface area contributed by atoms with Gasteiger partial charge in [0.2, 0.25) is 5.91 Å². The Bertz CT molecular complexity index is 500. The minimum Gasteiger partial charge on any atom is -0.488 e. The first-order chi connectivity index (χ1) is 8.79. The van der Waals surface area contributed by atoms with Gasteiger partial charge in [0.05, 0.1) is 6.21 Å². The minimum absolute atomic E-state index is 0. The summed E-state index contributed by atoms with van der Waals surface area (Å²) in [5, 5.41) is 3.86. The predicted octanol–water partition coefficient (Wildman–Crippen LogP) is 1.33. The number of hydrazone groups is 1. The van der Waals surface area contributed by atoms with Gasteiger partial charge in [-0.2, -0.15) is 5.10 Å². The van der Waals surface area contributed by atoms with E-state index in [1.54, 1.807) is 6.21 Å². The Balaban J connectivity index is 0.00000180. The first-order valence-electron chi connectivity index (χ1n) is 5.74. The maximum absolute atomic E-state index is 11.1. The number of amides is 1. The molecule has 0 bridgehead atoms. The number of ether oxygens (including phenoxy) is 1. The van der Waals surface area contributed by atoms with E-state index >= 15 is 0 Å². The topological polar surface area (TPSA) is 76.7 Å². The third-order valence-electron chi connectivity index (χ3n) is 2.45. The molecular formula is C13H16ClN3O2. The molecule has 0 saturated carbocycles. The lowest BCUT2D eigenvalue weighted by Gasteiger charge is -2.15.